The van der Waals surface area contributed by atoms with Gasteiger partial charge >= 0.3 is 0 Å². The van der Waals surface area contributed by atoms with Crippen LogP contribution in [0.1, 0.15) is 12.1 Å². The molecule has 0 aliphatic rings. The minimum atomic E-state index is 0.0272. The van der Waals surface area contributed by atoms with Gasteiger partial charge in [0.2, 0.25) is 0 Å². The molecular formula is C10H15N3O2S. The third-order valence-corrected chi connectivity index (χ3v) is 2.85. The van der Waals surface area contributed by atoms with E-state index in [1.807, 2.05) is 12.1 Å². The average Bonchev–Trinajstić information content (AvgIpc) is 2.34. The number of nitrogens with zero attached hydrogens (tertiary/aromatic N) is 2. The predicted molar refractivity (Wildman–Crippen MR) is 64.0 cm³/mol. The lowest BCUT2D eigenvalue weighted by molar-refractivity contribution is 0.200. The second-order valence-electron chi connectivity index (χ2n) is 3.04. The number of oxime groups is 1. The zero-order valence-corrected chi connectivity index (χ0v) is 9.91. The van der Waals surface area contributed by atoms with Crippen LogP contribution >= 0.6 is 11.8 Å². The topological polar surface area (TPSA) is 80.7 Å². The van der Waals surface area contributed by atoms with Crippen LogP contribution < -0.4 is 5.73 Å². The number of amidine groups is 1. The van der Waals surface area contributed by atoms with E-state index in [0.717, 1.165) is 23.8 Å². The molecule has 88 valence electrons. The molecule has 16 heavy (non-hydrogen) atoms. The summed E-state index contributed by atoms with van der Waals surface area (Å²) in [4.78, 5) is 4.25. The van der Waals surface area contributed by atoms with Crippen LogP contribution in [0.5, 0.6) is 0 Å². The lowest BCUT2D eigenvalue weighted by Crippen LogP contribution is -2.14. The molecule has 0 spiro atoms. The van der Waals surface area contributed by atoms with Gasteiger partial charge in [-0.1, -0.05) is 11.2 Å². The minimum absolute atomic E-state index is 0.0272. The van der Waals surface area contributed by atoms with Crippen LogP contribution in [0.3, 0.4) is 0 Å². The van der Waals surface area contributed by atoms with Crippen LogP contribution in [0.25, 0.3) is 0 Å². The van der Waals surface area contributed by atoms with E-state index in [1.165, 1.54) is 0 Å². The van der Waals surface area contributed by atoms with Gasteiger partial charge in [-0.05, 0) is 18.6 Å². The van der Waals surface area contributed by atoms with Gasteiger partial charge in [-0.25, -0.2) is 4.98 Å². The zero-order valence-electron chi connectivity index (χ0n) is 9.09. The Morgan fingerprint density at radius 3 is 3.12 bits per heavy atom. The highest BCUT2D eigenvalue weighted by atomic mass is 32.2. The van der Waals surface area contributed by atoms with Gasteiger partial charge in [0, 0.05) is 19.5 Å². The van der Waals surface area contributed by atoms with Crippen molar-refractivity contribution >= 4 is 17.6 Å². The smallest absolute Gasteiger partial charge is 0.188 e. The summed E-state index contributed by atoms with van der Waals surface area (Å²) in [7, 11) is 1.68. The maximum absolute atomic E-state index is 8.52. The van der Waals surface area contributed by atoms with Gasteiger partial charge in [-0.3, -0.25) is 0 Å². The quantitative estimate of drug-likeness (QED) is 0.196. The molecule has 1 rings (SSSR count). The van der Waals surface area contributed by atoms with E-state index in [-0.39, 0.29) is 5.84 Å². The first kappa shape index (κ1) is 12.8. The summed E-state index contributed by atoms with van der Waals surface area (Å²) in [6.45, 7) is 0.743. The summed E-state index contributed by atoms with van der Waals surface area (Å²) in [6.07, 6.45) is 0.969. The van der Waals surface area contributed by atoms with Gasteiger partial charge in [0.05, 0.1) is 5.03 Å². The van der Waals surface area contributed by atoms with Gasteiger partial charge in [0.15, 0.2) is 5.84 Å². The van der Waals surface area contributed by atoms with Gasteiger partial charge in [0.25, 0.3) is 0 Å². The van der Waals surface area contributed by atoms with Crippen molar-refractivity contribution < 1.29 is 9.94 Å². The van der Waals surface area contributed by atoms with Gasteiger partial charge in [-0.2, -0.15) is 0 Å². The normalized spacial score (nSPS) is 11.7. The molecule has 5 nitrogen and oxygen atoms in total. The molecule has 0 aliphatic carbocycles. The Morgan fingerprint density at radius 1 is 1.62 bits per heavy atom. The standard InChI is InChI=1S/C10H15N3O2S/c1-15-6-3-7-16-9-5-2-4-8(12-9)10(11)13-14/h2,4-5,14H,3,6-7H2,1H3,(H2,11,13). The Bertz CT molecular complexity index is 358. The molecule has 0 saturated heterocycles. The molecule has 0 bridgehead atoms. The number of nitrogens with two attached hydrogens (primary N) is 1. The summed E-state index contributed by atoms with van der Waals surface area (Å²) in [6, 6.07) is 5.43. The van der Waals surface area contributed by atoms with Gasteiger partial charge in [0.1, 0.15) is 5.69 Å². The second-order valence-corrected chi connectivity index (χ2v) is 4.16. The lowest BCUT2D eigenvalue weighted by atomic mass is 10.3. The average molecular weight is 241 g/mol. The molecule has 0 aliphatic heterocycles. The molecule has 1 aromatic rings. The van der Waals surface area contributed by atoms with E-state index in [2.05, 4.69) is 10.1 Å². The minimum Gasteiger partial charge on any atom is -0.409 e. The maximum atomic E-state index is 8.52. The Hall–Kier alpha value is -1.27. The van der Waals surface area contributed by atoms with E-state index >= 15 is 0 Å². The molecule has 0 saturated carbocycles. The number of thioether (sulfide) groups is 1. The highest BCUT2D eigenvalue weighted by molar-refractivity contribution is 7.99. The molecule has 0 aromatic carbocycles. The number of pyridine rings is 1. The number of hydrogen-bond acceptors (Lipinski definition) is 5. The van der Waals surface area contributed by atoms with Crippen molar-refractivity contribution in [1.82, 2.24) is 4.98 Å². The van der Waals surface area contributed by atoms with E-state index in [4.69, 9.17) is 15.7 Å². The van der Waals surface area contributed by atoms with Crippen molar-refractivity contribution in [2.45, 2.75) is 11.4 Å². The van der Waals surface area contributed by atoms with E-state index in [0.29, 0.717) is 5.69 Å². The number of hydrogen-bond donors (Lipinski definition) is 2. The number of methoxy groups -OCH3 is 1. The summed E-state index contributed by atoms with van der Waals surface area (Å²) < 4.78 is 4.95. The molecule has 1 heterocycles. The lowest BCUT2D eigenvalue weighted by Gasteiger charge is -2.02. The Labute approximate surface area is 98.7 Å². The first-order chi connectivity index (χ1) is 7.77. The van der Waals surface area contributed by atoms with Crippen molar-refractivity contribution in [2.75, 3.05) is 19.5 Å². The van der Waals surface area contributed by atoms with E-state index in [1.54, 1.807) is 24.9 Å². The first-order valence-electron chi connectivity index (χ1n) is 4.84. The van der Waals surface area contributed by atoms with Crippen LogP contribution in [0.2, 0.25) is 0 Å². The Kier molecular flexibility index (Phi) is 5.66. The van der Waals surface area contributed by atoms with Crippen molar-refractivity contribution in [2.24, 2.45) is 10.9 Å². The first-order valence-corrected chi connectivity index (χ1v) is 5.83. The fraction of sp³-hybridized carbons (Fsp3) is 0.400. The summed E-state index contributed by atoms with van der Waals surface area (Å²) in [5.41, 5.74) is 5.93. The molecule has 3 N–H and O–H groups in total. The Balaban J connectivity index is 2.54. The Morgan fingerprint density at radius 2 is 2.44 bits per heavy atom. The van der Waals surface area contributed by atoms with Crippen LogP contribution in [-0.2, 0) is 4.74 Å². The molecule has 0 unspecified atom stereocenters. The number of ether oxygens (including phenoxy) is 1. The highest BCUT2D eigenvalue weighted by Crippen LogP contribution is 2.16. The molecule has 0 fully saturated rings. The molecule has 6 heteroatoms. The van der Waals surface area contributed by atoms with Gasteiger partial charge in [-0.15, -0.1) is 11.8 Å². The summed E-state index contributed by atoms with van der Waals surface area (Å²) in [5.74, 6) is 0.958. The predicted octanol–water partition coefficient (Wildman–Crippen LogP) is 1.30. The van der Waals surface area contributed by atoms with Crippen LogP contribution in [-0.4, -0.2) is 35.5 Å². The van der Waals surface area contributed by atoms with Crippen LogP contribution in [0, 0.1) is 0 Å². The van der Waals surface area contributed by atoms with Crippen LogP contribution in [0.15, 0.2) is 28.4 Å². The fourth-order valence-electron chi connectivity index (χ4n) is 1.07. The van der Waals surface area contributed by atoms with Crippen molar-refractivity contribution in [3.8, 4) is 0 Å². The van der Waals surface area contributed by atoms with Crippen molar-refractivity contribution in [3.05, 3.63) is 23.9 Å². The highest BCUT2D eigenvalue weighted by Gasteiger charge is 2.02. The largest absolute Gasteiger partial charge is 0.409 e. The zero-order chi connectivity index (χ0) is 11.8. The van der Waals surface area contributed by atoms with E-state index < -0.39 is 0 Å². The number of rotatable bonds is 6. The number of aromatic nitrogens is 1. The molecule has 0 atom stereocenters. The third-order valence-electron chi connectivity index (χ3n) is 1.84. The second kappa shape index (κ2) is 7.08. The van der Waals surface area contributed by atoms with Crippen molar-refractivity contribution in [1.29, 1.82) is 0 Å². The molecule has 0 amide bonds. The summed E-state index contributed by atoms with van der Waals surface area (Å²) >= 11 is 1.62. The molecular weight excluding hydrogens is 226 g/mol. The maximum Gasteiger partial charge on any atom is 0.188 e. The van der Waals surface area contributed by atoms with Crippen molar-refractivity contribution in [3.63, 3.8) is 0 Å². The van der Waals surface area contributed by atoms with Gasteiger partial charge < -0.3 is 15.7 Å². The monoisotopic (exact) mass is 241 g/mol. The fourth-order valence-corrected chi connectivity index (χ4v) is 1.88. The SMILES string of the molecule is COCCCSc1cccc(C(N)=NO)n1. The third kappa shape index (κ3) is 4.08. The van der Waals surface area contributed by atoms with Crippen LogP contribution in [0.4, 0.5) is 0 Å². The summed E-state index contributed by atoms with van der Waals surface area (Å²) in [5, 5.41) is 12.3. The molecule has 1 aromatic heterocycles. The van der Waals surface area contributed by atoms with E-state index in [9.17, 15) is 0 Å². The molecule has 0 radical (unpaired) electrons.